The fourth-order valence-corrected chi connectivity index (χ4v) is 2.56. The number of anilines is 1. The molecule has 0 aliphatic rings. The molecule has 0 fully saturated rings. The first-order valence-electron chi connectivity index (χ1n) is 7.11. The number of aryl methyl sites for hydroxylation is 1. The number of fused-ring (bicyclic) bond motifs is 1. The summed E-state index contributed by atoms with van der Waals surface area (Å²) < 4.78 is 1.68. The molecule has 0 spiro atoms. The maximum Gasteiger partial charge on any atom is 0.259 e. The highest BCUT2D eigenvalue weighted by Crippen LogP contribution is 2.22. The lowest BCUT2D eigenvalue weighted by Crippen LogP contribution is -2.12. The molecule has 3 aromatic heterocycles. The summed E-state index contributed by atoms with van der Waals surface area (Å²) in [6, 6.07) is 7.68. The lowest BCUT2D eigenvalue weighted by atomic mass is 10.1. The van der Waals surface area contributed by atoms with E-state index < -0.39 is 0 Å². The maximum atomic E-state index is 12.5. The molecule has 0 bridgehead atoms. The van der Waals surface area contributed by atoms with E-state index in [4.69, 9.17) is 0 Å². The number of aromatic amines is 2. The Bertz CT molecular complexity index is 993. The summed E-state index contributed by atoms with van der Waals surface area (Å²) in [5, 5.41) is 14.9. The monoisotopic (exact) mass is 306 g/mol. The minimum absolute atomic E-state index is 0.215. The third-order valence-electron chi connectivity index (χ3n) is 3.69. The first-order chi connectivity index (χ1) is 11.2. The first-order valence-corrected chi connectivity index (χ1v) is 7.11. The summed E-state index contributed by atoms with van der Waals surface area (Å²) in [4.78, 5) is 15.7. The lowest BCUT2D eigenvalue weighted by Gasteiger charge is -2.05. The summed E-state index contributed by atoms with van der Waals surface area (Å²) >= 11 is 0. The van der Waals surface area contributed by atoms with Crippen molar-refractivity contribution >= 4 is 22.5 Å². The van der Waals surface area contributed by atoms with Crippen LogP contribution in [0.5, 0.6) is 0 Å². The van der Waals surface area contributed by atoms with Crippen molar-refractivity contribution in [2.24, 2.45) is 7.05 Å². The maximum absolute atomic E-state index is 12.5. The van der Waals surface area contributed by atoms with Crippen LogP contribution in [0.3, 0.4) is 0 Å². The van der Waals surface area contributed by atoms with E-state index in [-0.39, 0.29) is 5.91 Å². The van der Waals surface area contributed by atoms with Crippen molar-refractivity contribution in [2.45, 2.75) is 0 Å². The molecule has 0 aliphatic carbocycles. The largest absolute Gasteiger partial charge is 0.361 e. The molecule has 0 atom stereocenters. The second-order valence-electron chi connectivity index (χ2n) is 5.30. The summed E-state index contributed by atoms with van der Waals surface area (Å²) in [5.41, 5.74) is 3.71. The Morgan fingerprint density at radius 2 is 2.17 bits per heavy atom. The van der Waals surface area contributed by atoms with Crippen molar-refractivity contribution in [1.82, 2.24) is 25.0 Å². The molecule has 3 N–H and O–H groups in total. The van der Waals surface area contributed by atoms with Crippen molar-refractivity contribution in [3.63, 3.8) is 0 Å². The zero-order valence-electron chi connectivity index (χ0n) is 12.4. The van der Waals surface area contributed by atoms with Gasteiger partial charge >= 0.3 is 0 Å². The molecule has 0 saturated carbocycles. The lowest BCUT2D eigenvalue weighted by molar-refractivity contribution is 0.102. The predicted octanol–water partition coefficient (Wildman–Crippen LogP) is 2.54. The van der Waals surface area contributed by atoms with Gasteiger partial charge in [-0.3, -0.25) is 14.6 Å². The second-order valence-corrected chi connectivity index (χ2v) is 5.30. The van der Waals surface area contributed by atoms with Crippen molar-refractivity contribution in [1.29, 1.82) is 0 Å². The van der Waals surface area contributed by atoms with Crippen LogP contribution in [0.15, 0.2) is 49.1 Å². The molecule has 23 heavy (non-hydrogen) atoms. The van der Waals surface area contributed by atoms with Gasteiger partial charge in [-0.05, 0) is 24.3 Å². The number of benzene rings is 1. The Morgan fingerprint density at radius 1 is 1.26 bits per heavy atom. The number of aromatic nitrogens is 5. The smallest absolute Gasteiger partial charge is 0.259 e. The molecule has 0 unspecified atom stereocenters. The summed E-state index contributed by atoms with van der Waals surface area (Å²) in [6.45, 7) is 0. The average molecular weight is 306 g/mol. The van der Waals surface area contributed by atoms with E-state index in [2.05, 4.69) is 25.6 Å². The molecule has 4 rings (SSSR count). The molecule has 1 aromatic carbocycles. The Morgan fingerprint density at radius 3 is 3.00 bits per heavy atom. The zero-order valence-corrected chi connectivity index (χ0v) is 12.4. The van der Waals surface area contributed by atoms with Crippen LogP contribution in [0.4, 0.5) is 5.69 Å². The van der Waals surface area contributed by atoms with Gasteiger partial charge in [-0.15, -0.1) is 0 Å². The molecular weight excluding hydrogens is 292 g/mol. The third kappa shape index (κ3) is 2.38. The zero-order chi connectivity index (χ0) is 15.8. The number of nitrogens with one attached hydrogen (secondary N) is 3. The van der Waals surface area contributed by atoms with E-state index in [1.807, 2.05) is 43.7 Å². The summed E-state index contributed by atoms with van der Waals surface area (Å²) in [6.07, 6.45) is 6.91. The molecule has 3 heterocycles. The third-order valence-corrected chi connectivity index (χ3v) is 3.69. The summed E-state index contributed by atoms with van der Waals surface area (Å²) in [7, 11) is 1.83. The number of hydrogen-bond donors (Lipinski definition) is 3. The number of carbonyl (C=O) groups is 1. The molecule has 7 nitrogen and oxygen atoms in total. The van der Waals surface area contributed by atoms with Gasteiger partial charge in [-0.1, -0.05) is 0 Å². The van der Waals surface area contributed by atoms with Gasteiger partial charge < -0.3 is 10.3 Å². The van der Waals surface area contributed by atoms with Crippen molar-refractivity contribution < 1.29 is 4.79 Å². The van der Waals surface area contributed by atoms with Crippen LogP contribution in [0.2, 0.25) is 0 Å². The van der Waals surface area contributed by atoms with Gasteiger partial charge in [0.2, 0.25) is 0 Å². The SMILES string of the molecule is Cn1cc(-c2[nH]ncc2C(=O)Nc2ccc3[nH]ccc3c2)cn1. The minimum Gasteiger partial charge on any atom is -0.361 e. The van der Waals surface area contributed by atoms with Crippen LogP contribution in [-0.2, 0) is 7.05 Å². The summed E-state index contributed by atoms with van der Waals surface area (Å²) in [5.74, 6) is -0.215. The van der Waals surface area contributed by atoms with Gasteiger partial charge in [0.1, 0.15) is 0 Å². The number of amides is 1. The van der Waals surface area contributed by atoms with Crippen LogP contribution < -0.4 is 5.32 Å². The van der Waals surface area contributed by atoms with Gasteiger partial charge in [-0.2, -0.15) is 10.2 Å². The van der Waals surface area contributed by atoms with Gasteiger partial charge in [-0.25, -0.2) is 0 Å². The highest BCUT2D eigenvalue weighted by molar-refractivity contribution is 6.08. The van der Waals surface area contributed by atoms with Crippen LogP contribution in [0.1, 0.15) is 10.4 Å². The van der Waals surface area contributed by atoms with Crippen LogP contribution >= 0.6 is 0 Å². The second kappa shape index (κ2) is 5.13. The number of nitrogens with zero attached hydrogens (tertiary/aromatic N) is 3. The fraction of sp³-hybridized carbons (Fsp3) is 0.0625. The number of hydrogen-bond acceptors (Lipinski definition) is 3. The van der Waals surface area contributed by atoms with Crippen LogP contribution in [-0.4, -0.2) is 30.9 Å². The van der Waals surface area contributed by atoms with E-state index in [0.717, 1.165) is 22.2 Å². The number of rotatable bonds is 3. The first kappa shape index (κ1) is 13.3. The van der Waals surface area contributed by atoms with Gasteiger partial charge in [0.15, 0.2) is 0 Å². The Hall–Kier alpha value is -3.35. The van der Waals surface area contributed by atoms with E-state index in [0.29, 0.717) is 11.3 Å². The Balaban J connectivity index is 1.63. The number of H-pyrrole nitrogens is 2. The predicted molar refractivity (Wildman–Crippen MR) is 87.0 cm³/mol. The van der Waals surface area contributed by atoms with Gasteiger partial charge in [0.05, 0.1) is 23.7 Å². The van der Waals surface area contributed by atoms with Crippen molar-refractivity contribution in [2.75, 3.05) is 5.32 Å². The molecule has 7 heteroatoms. The molecule has 0 aliphatic heterocycles. The van der Waals surface area contributed by atoms with E-state index >= 15 is 0 Å². The van der Waals surface area contributed by atoms with Crippen molar-refractivity contribution in [3.8, 4) is 11.3 Å². The molecule has 4 aromatic rings. The number of carbonyl (C=O) groups excluding carboxylic acids is 1. The van der Waals surface area contributed by atoms with Gasteiger partial charge in [0, 0.05) is 41.6 Å². The van der Waals surface area contributed by atoms with E-state index in [1.54, 1.807) is 10.9 Å². The molecule has 114 valence electrons. The normalized spacial score (nSPS) is 11.0. The highest BCUT2D eigenvalue weighted by Gasteiger charge is 2.16. The molecular formula is C16H14N6O. The van der Waals surface area contributed by atoms with E-state index in [1.165, 1.54) is 6.20 Å². The topological polar surface area (TPSA) is 91.4 Å². The highest BCUT2D eigenvalue weighted by atomic mass is 16.1. The van der Waals surface area contributed by atoms with E-state index in [9.17, 15) is 4.79 Å². The fourth-order valence-electron chi connectivity index (χ4n) is 2.56. The molecule has 0 radical (unpaired) electrons. The Labute approximate surface area is 131 Å². The Kier molecular flexibility index (Phi) is 2.97. The van der Waals surface area contributed by atoms with Crippen LogP contribution in [0.25, 0.3) is 22.2 Å². The minimum atomic E-state index is -0.215. The quantitative estimate of drug-likeness (QED) is 0.543. The average Bonchev–Trinajstić information content (AvgIpc) is 3.26. The van der Waals surface area contributed by atoms with Crippen LogP contribution in [0, 0.1) is 0 Å². The van der Waals surface area contributed by atoms with Crippen molar-refractivity contribution in [3.05, 3.63) is 54.6 Å². The molecule has 0 saturated heterocycles. The molecule has 1 amide bonds. The van der Waals surface area contributed by atoms with Gasteiger partial charge in [0.25, 0.3) is 5.91 Å². The standard InChI is InChI=1S/C16H14N6O/c1-22-9-11(7-19-22)15-13(8-18-21-15)16(23)20-12-2-3-14-10(6-12)4-5-17-14/h2-9,17H,1H3,(H,18,21)(H,20,23).